The fraction of sp³-hybridized carbons (Fsp3) is 0.960. The molecule has 4 heteroatoms. The van der Waals surface area contributed by atoms with E-state index in [0.717, 1.165) is 30.6 Å². The van der Waals surface area contributed by atoms with Crippen LogP contribution in [0.3, 0.4) is 0 Å². The summed E-state index contributed by atoms with van der Waals surface area (Å²) < 4.78 is 12.0. The third-order valence-electron chi connectivity index (χ3n) is 10.4. The van der Waals surface area contributed by atoms with Crippen LogP contribution < -0.4 is 0 Å². The molecule has 4 rings (SSSR count). The standard InChI is InChI=1S/C25H42O4/c1-24-13-11-20-23(19(24)9-8-16(24)6-5-7-22(26)27)21(29-4)15-17-14-18(28-3)10-12-25(17,20)2/h16-21,23H,5-15H2,1-4H3,(H,26,27)/t16-,17-,18+,19-,20-,21+,23-,24+,25-/m0/s1. The second-order valence-electron chi connectivity index (χ2n) is 11.2. The average Bonchev–Trinajstić information content (AvgIpc) is 3.03. The molecule has 1 N–H and O–H groups in total. The molecule has 0 saturated heterocycles. The largest absolute Gasteiger partial charge is 0.481 e. The summed E-state index contributed by atoms with van der Waals surface area (Å²) >= 11 is 0. The first kappa shape index (κ1) is 21.6. The van der Waals surface area contributed by atoms with Crippen molar-refractivity contribution in [2.75, 3.05) is 14.2 Å². The molecule has 0 heterocycles. The number of rotatable bonds is 6. The van der Waals surface area contributed by atoms with Crippen molar-refractivity contribution >= 4 is 5.97 Å². The van der Waals surface area contributed by atoms with E-state index in [-0.39, 0.29) is 0 Å². The van der Waals surface area contributed by atoms with Crippen molar-refractivity contribution in [2.24, 2.45) is 40.4 Å². The monoisotopic (exact) mass is 406 g/mol. The third kappa shape index (κ3) is 3.56. The summed E-state index contributed by atoms with van der Waals surface area (Å²) in [4.78, 5) is 11.0. The Balaban J connectivity index is 1.54. The number of methoxy groups -OCH3 is 2. The molecule has 9 atom stereocenters. The molecule has 4 saturated carbocycles. The van der Waals surface area contributed by atoms with E-state index in [4.69, 9.17) is 14.6 Å². The van der Waals surface area contributed by atoms with Crippen LogP contribution in [0.2, 0.25) is 0 Å². The van der Waals surface area contributed by atoms with Crippen LogP contribution in [0.15, 0.2) is 0 Å². The van der Waals surface area contributed by atoms with Crippen LogP contribution in [0.1, 0.15) is 84.5 Å². The smallest absolute Gasteiger partial charge is 0.303 e. The molecular formula is C25H42O4. The molecule has 166 valence electrons. The zero-order valence-electron chi connectivity index (χ0n) is 19.0. The SMILES string of the molecule is CO[C@@H]1CC[C@@]2(C)[C@@H](C1)C[C@@H](OC)[C@@H]1[C@@H]2CC[C@]2(C)[C@@H](CCCC(=O)O)CC[C@@H]12. The number of hydrogen-bond acceptors (Lipinski definition) is 3. The van der Waals surface area contributed by atoms with E-state index in [1.54, 1.807) is 0 Å². The number of carbonyl (C=O) groups is 1. The maximum atomic E-state index is 11.0. The Morgan fingerprint density at radius 2 is 1.69 bits per heavy atom. The molecule has 4 fully saturated rings. The van der Waals surface area contributed by atoms with Crippen molar-refractivity contribution in [3.8, 4) is 0 Å². The predicted octanol–water partition coefficient (Wildman–Crippen LogP) is 5.54. The lowest BCUT2D eigenvalue weighted by atomic mass is 9.44. The minimum Gasteiger partial charge on any atom is -0.481 e. The second-order valence-corrected chi connectivity index (χ2v) is 11.2. The van der Waals surface area contributed by atoms with Crippen LogP contribution in [0, 0.1) is 40.4 Å². The molecule has 0 unspecified atom stereocenters. The number of aliphatic carboxylic acids is 1. The van der Waals surface area contributed by atoms with Crippen molar-refractivity contribution in [1.29, 1.82) is 0 Å². The van der Waals surface area contributed by atoms with Gasteiger partial charge in [0, 0.05) is 20.6 Å². The summed E-state index contributed by atoms with van der Waals surface area (Å²) in [7, 11) is 3.81. The molecule has 29 heavy (non-hydrogen) atoms. The van der Waals surface area contributed by atoms with E-state index in [0.29, 0.717) is 41.3 Å². The molecular weight excluding hydrogens is 364 g/mol. The highest BCUT2D eigenvalue weighted by molar-refractivity contribution is 5.66. The lowest BCUT2D eigenvalue weighted by Crippen LogP contribution is -2.59. The summed E-state index contributed by atoms with van der Waals surface area (Å²) in [6, 6.07) is 0. The number of carboxylic acid groups (broad SMARTS) is 1. The van der Waals surface area contributed by atoms with Crippen molar-refractivity contribution in [3.63, 3.8) is 0 Å². The highest BCUT2D eigenvalue weighted by Gasteiger charge is 2.62. The van der Waals surface area contributed by atoms with E-state index in [9.17, 15) is 4.79 Å². The fourth-order valence-electron chi connectivity index (χ4n) is 8.70. The van der Waals surface area contributed by atoms with Crippen molar-refractivity contribution < 1.29 is 19.4 Å². The summed E-state index contributed by atoms with van der Waals surface area (Å²) in [5.41, 5.74) is 0.820. The van der Waals surface area contributed by atoms with Crippen LogP contribution in [-0.2, 0) is 14.3 Å². The minimum absolute atomic E-state index is 0.324. The van der Waals surface area contributed by atoms with Gasteiger partial charge in [0.05, 0.1) is 12.2 Å². The number of fused-ring (bicyclic) bond motifs is 5. The Labute approximate surface area is 177 Å². The van der Waals surface area contributed by atoms with Crippen LogP contribution in [-0.4, -0.2) is 37.5 Å². The average molecular weight is 407 g/mol. The maximum Gasteiger partial charge on any atom is 0.303 e. The number of carboxylic acids is 1. The predicted molar refractivity (Wildman–Crippen MR) is 114 cm³/mol. The molecule has 0 spiro atoms. The topological polar surface area (TPSA) is 55.8 Å². The quantitative estimate of drug-likeness (QED) is 0.629. The number of hydrogen-bond donors (Lipinski definition) is 1. The van der Waals surface area contributed by atoms with Gasteiger partial charge >= 0.3 is 5.97 Å². The first-order valence-corrected chi connectivity index (χ1v) is 12.1. The molecule has 4 nitrogen and oxygen atoms in total. The van der Waals surface area contributed by atoms with Gasteiger partial charge in [0.15, 0.2) is 0 Å². The Bertz CT molecular complexity index is 606. The van der Waals surface area contributed by atoms with Crippen LogP contribution >= 0.6 is 0 Å². The lowest BCUT2D eigenvalue weighted by Gasteiger charge is -2.63. The number of ether oxygens (including phenoxy) is 2. The van der Waals surface area contributed by atoms with Gasteiger partial charge in [-0.05, 0) is 105 Å². The third-order valence-corrected chi connectivity index (χ3v) is 10.4. The van der Waals surface area contributed by atoms with Crippen molar-refractivity contribution in [2.45, 2.75) is 96.7 Å². The van der Waals surface area contributed by atoms with Crippen LogP contribution in [0.5, 0.6) is 0 Å². The molecule has 0 aromatic carbocycles. The first-order valence-electron chi connectivity index (χ1n) is 12.1. The van der Waals surface area contributed by atoms with Gasteiger partial charge in [-0.25, -0.2) is 0 Å². The minimum atomic E-state index is -0.647. The highest BCUT2D eigenvalue weighted by Crippen LogP contribution is 2.68. The summed E-state index contributed by atoms with van der Waals surface area (Å²) in [5, 5.41) is 9.05. The van der Waals surface area contributed by atoms with E-state index in [2.05, 4.69) is 13.8 Å². The van der Waals surface area contributed by atoms with E-state index in [1.165, 1.54) is 51.4 Å². The zero-order valence-corrected chi connectivity index (χ0v) is 19.0. The molecule has 0 bridgehead atoms. The molecule has 0 aromatic heterocycles. The van der Waals surface area contributed by atoms with Gasteiger partial charge in [0.25, 0.3) is 0 Å². The van der Waals surface area contributed by atoms with Gasteiger partial charge in [-0.1, -0.05) is 13.8 Å². The van der Waals surface area contributed by atoms with Gasteiger partial charge in [0.2, 0.25) is 0 Å². The first-order chi connectivity index (χ1) is 13.8. The Morgan fingerprint density at radius 1 is 0.966 bits per heavy atom. The summed E-state index contributed by atoms with van der Waals surface area (Å²) in [5.74, 6) is 2.98. The Hall–Kier alpha value is -0.610. The van der Waals surface area contributed by atoms with Gasteiger partial charge in [-0.3, -0.25) is 4.79 Å². The van der Waals surface area contributed by atoms with Crippen molar-refractivity contribution in [3.05, 3.63) is 0 Å². The molecule has 4 aliphatic rings. The van der Waals surface area contributed by atoms with Gasteiger partial charge in [-0.2, -0.15) is 0 Å². The van der Waals surface area contributed by atoms with Crippen LogP contribution in [0.25, 0.3) is 0 Å². The molecule has 0 aromatic rings. The Kier molecular flexibility index (Phi) is 6.07. The fourth-order valence-corrected chi connectivity index (χ4v) is 8.70. The normalized spacial score (nSPS) is 49.2. The molecule has 4 aliphatic carbocycles. The Morgan fingerprint density at radius 3 is 2.38 bits per heavy atom. The second kappa shape index (κ2) is 8.15. The zero-order chi connectivity index (χ0) is 20.8. The van der Waals surface area contributed by atoms with E-state index < -0.39 is 5.97 Å². The molecule has 0 radical (unpaired) electrons. The highest BCUT2D eigenvalue weighted by atomic mass is 16.5. The van der Waals surface area contributed by atoms with Gasteiger partial charge in [-0.15, -0.1) is 0 Å². The van der Waals surface area contributed by atoms with Gasteiger partial charge < -0.3 is 14.6 Å². The molecule has 0 amide bonds. The van der Waals surface area contributed by atoms with E-state index >= 15 is 0 Å². The van der Waals surface area contributed by atoms with Gasteiger partial charge in [0.1, 0.15) is 0 Å². The summed E-state index contributed by atoms with van der Waals surface area (Å²) in [6.07, 6.45) is 13.2. The van der Waals surface area contributed by atoms with Crippen LogP contribution in [0.4, 0.5) is 0 Å². The summed E-state index contributed by atoms with van der Waals surface area (Å²) in [6.45, 7) is 5.13. The molecule has 0 aliphatic heterocycles. The van der Waals surface area contributed by atoms with E-state index in [1.807, 2.05) is 14.2 Å². The maximum absolute atomic E-state index is 11.0. The van der Waals surface area contributed by atoms with Crippen molar-refractivity contribution in [1.82, 2.24) is 0 Å². The lowest BCUT2D eigenvalue weighted by molar-refractivity contribution is -0.182.